The Bertz CT molecular complexity index is 782. The third-order valence-electron chi connectivity index (χ3n) is 4.85. The number of hydrogen-bond acceptors (Lipinski definition) is 5. The molecule has 2 heterocycles. The van der Waals surface area contributed by atoms with Crippen LogP contribution in [0.1, 0.15) is 70.2 Å². The Morgan fingerprint density at radius 1 is 1.24 bits per heavy atom. The van der Waals surface area contributed by atoms with Gasteiger partial charge in [0.15, 0.2) is 5.76 Å². The van der Waals surface area contributed by atoms with Gasteiger partial charge in [0, 0.05) is 37.6 Å². The van der Waals surface area contributed by atoms with E-state index in [-0.39, 0.29) is 17.6 Å². The van der Waals surface area contributed by atoms with Crippen LogP contribution in [0.2, 0.25) is 0 Å². The molecule has 158 valence electrons. The number of nitrogens with one attached hydrogen (secondary N) is 1. The molecule has 1 aliphatic carbocycles. The molecule has 0 spiro atoms. The number of carbonyl (C=O) groups excluding carboxylic acids is 2. The number of rotatable bonds is 4. The molecule has 29 heavy (non-hydrogen) atoms. The Morgan fingerprint density at radius 2 is 1.93 bits per heavy atom. The van der Waals surface area contributed by atoms with E-state index < -0.39 is 0 Å². The molecule has 2 aromatic rings. The number of anilines is 1. The first-order valence-corrected chi connectivity index (χ1v) is 10.3. The summed E-state index contributed by atoms with van der Waals surface area (Å²) < 4.78 is 5.11. The van der Waals surface area contributed by atoms with Gasteiger partial charge in [0.25, 0.3) is 0 Å². The van der Waals surface area contributed by atoms with Crippen molar-refractivity contribution in [1.29, 1.82) is 0 Å². The van der Waals surface area contributed by atoms with Crippen molar-refractivity contribution in [3.8, 4) is 5.75 Å². The summed E-state index contributed by atoms with van der Waals surface area (Å²) in [5.74, 6) is 1.68. The standard InChI is InChI=1S/C10H14N2O2.C10H11NO2.C2H6/c1-7(13)11-6-9-5-10(12-14-9)8-3-2-4-8;12-9-5-3-8(4-6-9)11-7-1-2-10(11)13;1-2/h5,8H,2-4,6H2,1H3,(H,11,13);3-6,12H,1-2,7H2;1-2H3. The van der Waals surface area contributed by atoms with E-state index in [2.05, 4.69) is 10.5 Å². The van der Waals surface area contributed by atoms with Crippen molar-refractivity contribution in [3.63, 3.8) is 0 Å². The number of nitrogens with zero attached hydrogens (tertiary/aromatic N) is 2. The second-order valence-corrected chi connectivity index (χ2v) is 6.92. The largest absolute Gasteiger partial charge is 0.508 e. The van der Waals surface area contributed by atoms with Crippen LogP contribution in [0.15, 0.2) is 34.9 Å². The number of phenols is 1. The molecule has 7 heteroatoms. The number of aromatic hydroxyl groups is 1. The van der Waals surface area contributed by atoms with Gasteiger partial charge >= 0.3 is 0 Å². The minimum absolute atomic E-state index is 0.0494. The number of benzene rings is 1. The fourth-order valence-electron chi connectivity index (χ4n) is 3.07. The second kappa shape index (κ2) is 11.2. The summed E-state index contributed by atoms with van der Waals surface area (Å²) in [4.78, 5) is 23.7. The topological polar surface area (TPSA) is 95.7 Å². The molecule has 1 aromatic carbocycles. The van der Waals surface area contributed by atoms with E-state index >= 15 is 0 Å². The zero-order chi connectivity index (χ0) is 21.2. The van der Waals surface area contributed by atoms with Crippen LogP contribution in [0.3, 0.4) is 0 Å². The zero-order valence-corrected chi connectivity index (χ0v) is 17.5. The van der Waals surface area contributed by atoms with Crippen molar-refractivity contribution >= 4 is 17.5 Å². The van der Waals surface area contributed by atoms with Gasteiger partial charge in [-0.05, 0) is 43.5 Å². The van der Waals surface area contributed by atoms with Crippen LogP contribution in [0, 0.1) is 0 Å². The maximum Gasteiger partial charge on any atom is 0.227 e. The van der Waals surface area contributed by atoms with Crippen LogP contribution in [0.25, 0.3) is 0 Å². The summed E-state index contributed by atoms with van der Waals surface area (Å²) in [5.41, 5.74) is 1.91. The highest BCUT2D eigenvalue weighted by Crippen LogP contribution is 2.35. The number of hydrogen-bond donors (Lipinski definition) is 2. The van der Waals surface area contributed by atoms with Crippen LogP contribution in [0.5, 0.6) is 5.75 Å². The van der Waals surface area contributed by atoms with Crippen molar-refractivity contribution < 1.29 is 19.2 Å². The van der Waals surface area contributed by atoms with Crippen molar-refractivity contribution in [2.75, 3.05) is 11.4 Å². The van der Waals surface area contributed by atoms with E-state index in [1.165, 1.54) is 26.2 Å². The van der Waals surface area contributed by atoms with Crippen molar-refractivity contribution in [1.82, 2.24) is 10.5 Å². The Morgan fingerprint density at radius 3 is 2.45 bits per heavy atom. The lowest BCUT2D eigenvalue weighted by atomic mass is 9.83. The van der Waals surface area contributed by atoms with Gasteiger partial charge in [0.2, 0.25) is 11.8 Å². The van der Waals surface area contributed by atoms with Crippen LogP contribution < -0.4 is 10.2 Å². The Balaban J connectivity index is 0.000000191. The molecule has 1 saturated carbocycles. The van der Waals surface area contributed by atoms with Gasteiger partial charge in [0.05, 0.1) is 12.2 Å². The van der Waals surface area contributed by atoms with E-state index in [1.54, 1.807) is 29.2 Å². The van der Waals surface area contributed by atoms with E-state index in [4.69, 9.17) is 9.63 Å². The monoisotopic (exact) mass is 401 g/mol. The molecule has 4 rings (SSSR count). The first kappa shape index (κ1) is 22.5. The maximum absolute atomic E-state index is 11.3. The summed E-state index contributed by atoms with van der Waals surface area (Å²) in [6, 6.07) is 8.67. The van der Waals surface area contributed by atoms with Gasteiger partial charge < -0.3 is 19.8 Å². The van der Waals surface area contributed by atoms with Gasteiger partial charge in [-0.2, -0.15) is 0 Å². The lowest BCUT2D eigenvalue weighted by Gasteiger charge is -2.22. The minimum Gasteiger partial charge on any atom is -0.508 e. The summed E-state index contributed by atoms with van der Waals surface area (Å²) >= 11 is 0. The first-order chi connectivity index (χ1) is 14.0. The van der Waals surface area contributed by atoms with Crippen LogP contribution in [-0.2, 0) is 16.1 Å². The highest BCUT2D eigenvalue weighted by Gasteiger charge is 2.23. The average molecular weight is 402 g/mol. The van der Waals surface area contributed by atoms with E-state index in [9.17, 15) is 9.59 Å². The molecular weight excluding hydrogens is 370 g/mol. The van der Waals surface area contributed by atoms with E-state index in [0.29, 0.717) is 18.9 Å². The molecule has 2 N–H and O–H groups in total. The minimum atomic E-state index is -0.0494. The lowest BCUT2D eigenvalue weighted by Crippen LogP contribution is -2.23. The summed E-state index contributed by atoms with van der Waals surface area (Å²) in [7, 11) is 0. The third kappa shape index (κ3) is 6.62. The predicted molar refractivity (Wildman–Crippen MR) is 112 cm³/mol. The molecule has 1 saturated heterocycles. The normalized spacial score (nSPS) is 15.6. The Labute approximate surface area is 172 Å². The fraction of sp³-hybridized carbons (Fsp3) is 0.500. The zero-order valence-electron chi connectivity index (χ0n) is 17.5. The molecule has 0 atom stereocenters. The van der Waals surface area contributed by atoms with Crippen LogP contribution >= 0.6 is 0 Å². The summed E-state index contributed by atoms with van der Waals surface area (Å²) in [5, 5.41) is 15.7. The highest BCUT2D eigenvalue weighted by atomic mass is 16.5. The lowest BCUT2D eigenvalue weighted by molar-refractivity contribution is -0.119. The molecule has 1 aromatic heterocycles. The summed E-state index contributed by atoms with van der Waals surface area (Å²) in [6.07, 6.45) is 5.29. The number of amides is 2. The van der Waals surface area contributed by atoms with Gasteiger partial charge in [-0.25, -0.2) is 0 Å². The van der Waals surface area contributed by atoms with Gasteiger partial charge in [-0.15, -0.1) is 0 Å². The molecule has 2 amide bonds. The smallest absolute Gasteiger partial charge is 0.227 e. The van der Waals surface area contributed by atoms with E-state index in [1.807, 2.05) is 19.9 Å². The number of carbonyl (C=O) groups is 2. The quantitative estimate of drug-likeness (QED) is 0.803. The molecule has 0 bridgehead atoms. The average Bonchev–Trinajstić information content (AvgIpc) is 3.31. The molecular formula is C22H31N3O4. The van der Waals surface area contributed by atoms with Crippen molar-refractivity contribution in [2.24, 2.45) is 0 Å². The Kier molecular flexibility index (Phi) is 8.70. The van der Waals surface area contributed by atoms with Gasteiger partial charge in [-0.1, -0.05) is 25.4 Å². The Hall–Kier alpha value is -2.83. The number of phenolic OH excluding ortho intramolecular Hbond substituents is 1. The molecule has 0 radical (unpaired) electrons. The fourth-order valence-corrected chi connectivity index (χ4v) is 3.07. The molecule has 2 fully saturated rings. The number of aromatic nitrogens is 1. The molecule has 0 unspecified atom stereocenters. The SMILES string of the molecule is CC.CC(=O)NCc1cc(C2CCC2)no1.O=C1CCCN1c1ccc(O)cc1. The van der Waals surface area contributed by atoms with Crippen molar-refractivity contribution in [3.05, 3.63) is 41.8 Å². The van der Waals surface area contributed by atoms with E-state index in [0.717, 1.165) is 30.1 Å². The first-order valence-electron chi connectivity index (χ1n) is 10.3. The van der Waals surface area contributed by atoms with Crippen molar-refractivity contribution in [2.45, 2.75) is 65.3 Å². The maximum atomic E-state index is 11.3. The van der Waals surface area contributed by atoms with Crippen LogP contribution in [0.4, 0.5) is 5.69 Å². The second-order valence-electron chi connectivity index (χ2n) is 6.92. The third-order valence-corrected chi connectivity index (χ3v) is 4.85. The molecule has 2 aliphatic rings. The predicted octanol–water partition coefficient (Wildman–Crippen LogP) is 4.12. The van der Waals surface area contributed by atoms with Crippen LogP contribution in [-0.4, -0.2) is 28.6 Å². The van der Waals surface area contributed by atoms with Gasteiger partial charge in [-0.3, -0.25) is 9.59 Å². The molecule has 1 aliphatic heterocycles. The van der Waals surface area contributed by atoms with Gasteiger partial charge in [0.1, 0.15) is 5.75 Å². The highest BCUT2D eigenvalue weighted by molar-refractivity contribution is 5.95. The summed E-state index contributed by atoms with van der Waals surface area (Å²) in [6.45, 7) is 6.72. The molecule has 7 nitrogen and oxygen atoms in total.